The quantitative estimate of drug-likeness (QED) is 0.447. The van der Waals surface area contributed by atoms with Crippen molar-refractivity contribution in [3.8, 4) is 0 Å². The van der Waals surface area contributed by atoms with Crippen LogP contribution in [0.5, 0.6) is 0 Å². The van der Waals surface area contributed by atoms with Crippen LogP contribution in [0, 0.1) is 5.41 Å². The zero-order valence-corrected chi connectivity index (χ0v) is 22.3. The Kier molecular flexibility index (Phi) is 6.98. The molecule has 0 unspecified atom stereocenters. The number of rotatable bonds is 7. The SMILES string of the molecule is CC(C)(C)NS(=O)(=O)c1cccc(NC(=O)c2ccc([C@@](C)(O)CO)cc2N2CCC3(CC2)CC3)c1. The van der Waals surface area contributed by atoms with Crippen molar-refractivity contribution in [2.45, 2.75) is 69.4 Å². The van der Waals surface area contributed by atoms with Crippen LogP contribution in [0.2, 0.25) is 0 Å². The van der Waals surface area contributed by atoms with Crippen LogP contribution in [0.3, 0.4) is 0 Å². The van der Waals surface area contributed by atoms with Gasteiger partial charge < -0.3 is 20.4 Å². The molecule has 196 valence electrons. The van der Waals surface area contributed by atoms with E-state index in [1.54, 1.807) is 58.0 Å². The van der Waals surface area contributed by atoms with E-state index in [9.17, 15) is 23.4 Å². The molecule has 1 saturated carbocycles. The van der Waals surface area contributed by atoms with E-state index in [4.69, 9.17) is 0 Å². The summed E-state index contributed by atoms with van der Waals surface area (Å²) in [6.07, 6.45) is 4.65. The average Bonchev–Trinajstić information content (AvgIpc) is 3.56. The Bertz CT molecular complexity index is 1240. The van der Waals surface area contributed by atoms with Gasteiger partial charge in [-0.15, -0.1) is 0 Å². The predicted molar refractivity (Wildman–Crippen MR) is 141 cm³/mol. The molecular formula is C27H37N3O5S. The number of anilines is 2. The van der Waals surface area contributed by atoms with Crippen molar-refractivity contribution in [1.82, 2.24) is 4.72 Å². The Morgan fingerprint density at radius 1 is 1.03 bits per heavy atom. The monoisotopic (exact) mass is 515 g/mol. The van der Waals surface area contributed by atoms with E-state index in [0.29, 0.717) is 27.9 Å². The van der Waals surface area contributed by atoms with Gasteiger partial charge in [-0.1, -0.05) is 12.1 Å². The molecule has 1 atom stereocenters. The van der Waals surface area contributed by atoms with Crippen molar-refractivity contribution in [2.24, 2.45) is 5.41 Å². The van der Waals surface area contributed by atoms with Crippen LogP contribution in [0.15, 0.2) is 47.4 Å². The van der Waals surface area contributed by atoms with Crippen molar-refractivity contribution in [1.29, 1.82) is 0 Å². The first-order chi connectivity index (χ1) is 16.7. The average molecular weight is 516 g/mol. The fraction of sp³-hybridized carbons (Fsp3) is 0.519. The van der Waals surface area contributed by atoms with Crippen LogP contribution in [-0.2, 0) is 15.6 Å². The second-order valence-corrected chi connectivity index (χ2v) is 13.2. The summed E-state index contributed by atoms with van der Waals surface area (Å²) < 4.78 is 28.1. The fourth-order valence-electron chi connectivity index (χ4n) is 4.71. The van der Waals surface area contributed by atoms with E-state index >= 15 is 0 Å². The first-order valence-electron chi connectivity index (χ1n) is 12.4. The number of carbonyl (C=O) groups is 1. The molecule has 2 aromatic carbocycles. The maximum Gasteiger partial charge on any atom is 0.257 e. The molecule has 8 nitrogen and oxygen atoms in total. The zero-order chi connectivity index (χ0) is 26.4. The number of benzene rings is 2. The van der Waals surface area contributed by atoms with E-state index < -0.39 is 27.8 Å². The van der Waals surface area contributed by atoms with Gasteiger partial charge in [-0.3, -0.25) is 4.79 Å². The van der Waals surface area contributed by atoms with Crippen LogP contribution in [-0.4, -0.2) is 49.8 Å². The molecule has 0 bridgehead atoms. The highest BCUT2D eigenvalue weighted by Gasteiger charge is 2.44. The number of carbonyl (C=O) groups excluding carboxylic acids is 1. The molecule has 1 amide bonds. The maximum absolute atomic E-state index is 13.4. The van der Waals surface area contributed by atoms with Gasteiger partial charge in [0.05, 0.1) is 17.1 Å². The normalized spacial score (nSPS) is 19.1. The molecule has 2 aromatic rings. The topological polar surface area (TPSA) is 119 Å². The van der Waals surface area contributed by atoms with Gasteiger partial charge in [-0.2, -0.15) is 0 Å². The summed E-state index contributed by atoms with van der Waals surface area (Å²) >= 11 is 0. The molecule has 4 N–H and O–H groups in total. The molecule has 2 aliphatic rings. The third-order valence-electron chi connectivity index (χ3n) is 7.14. The lowest BCUT2D eigenvalue weighted by Gasteiger charge is -2.35. The van der Waals surface area contributed by atoms with Crippen molar-refractivity contribution in [3.63, 3.8) is 0 Å². The molecule has 4 rings (SSSR count). The number of amides is 1. The fourth-order valence-corrected chi connectivity index (χ4v) is 6.18. The minimum absolute atomic E-state index is 0.0653. The van der Waals surface area contributed by atoms with Gasteiger partial charge in [0.25, 0.3) is 5.91 Å². The van der Waals surface area contributed by atoms with Gasteiger partial charge in [-0.05, 0) is 94.7 Å². The molecule has 9 heteroatoms. The van der Waals surface area contributed by atoms with Crippen LogP contribution < -0.4 is 14.9 Å². The summed E-state index contributed by atoms with van der Waals surface area (Å²) in [6.45, 7) is 8.03. The number of hydrogen-bond donors (Lipinski definition) is 4. The third-order valence-corrected chi connectivity index (χ3v) is 8.89. The highest BCUT2D eigenvalue weighted by molar-refractivity contribution is 7.89. The Morgan fingerprint density at radius 3 is 2.28 bits per heavy atom. The van der Waals surface area contributed by atoms with Gasteiger partial charge in [0.1, 0.15) is 5.60 Å². The summed E-state index contributed by atoms with van der Waals surface area (Å²) in [4.78, 5) is 15.7. The number of sulfonamides is 1. The Morgan fingerprint density at radius 2 is 1.69 bits per heavy atom. The molecule has 1 saturated heterocycles. The van der Waals surface area contributed by atoms with Crippen LogP contribution in [0.25, 0.3) is 0 Å². The summed E-state index contributed by atoms with van der Waals surface area (Å²) in [6, 6.07) is 11.3. The molecule has 1 heterocycles. The number of hydrogen-bond acceptors (Lipinski definition) is 6. The van der Waals surface area contributed by atoms with Crippen LogP contribution in [0.1, 0.15) is 69.3 Å². The van der Waals surface area contributed by atoms with E-state index in [1.165, 1.54) is 25.0 Å². The summed E-state index contributed by atoms with van der Waals surface area (Å²) in [7, 11) is -3.76. The molecule has 0 aromatic heterocycles. The van der Waals surface area contributed by atoms with E-state index in [2.05, 4.69) is 14.9 Å². The van der Waals surface area contributed by atoms with E-state index in [1.807, 2.05) is 0 Å². The number of aliphatic hydroxyl groups is 2. The predicted octanol–water partition coefficient (Wildman–Crippen LogP) is 3.60. The van der Waals surface area contributed by atoms with Gasteiger partial charge in [0, 0.05) is 30.0 Å². The van der Waals surface area contributed by atoms with Crippen molar-refractivity contribution >= 4 is 27.3 Å². The van der Waals surface area contributed by atoms with Gasteiger partial charge in [0.2, 0.25) is 10.0 Å². The second-order valence-electron chi connectivity index (χ2n) is 11.5. The number of nitrogens with one attached hydrogen (secondary N) is 2. The highest BCUT2D eigenvalue weighted by Crippen LogP contribution is 2.54. The molecule has 2 fully saturated rings. The Labute approximate surface area is 213 Å². The summed E-state index contributed by atoms with van der Waals surface area (Å²) in [5.41, 5.74) is 0.417. The van der Waals surface area contributed by atoms with Crippen LogP contribution >= 0.6 is 0 Å². The lowest BCUT2D eigenvalue weighted by molar-refractivity contribution is -0.00227. The van der Waals surface area contributed by atoms with E-state index in [0.717, 1.165) is 25.9 Å². The van der Waals surface area contributed by atoms with Gasteiger partial charge >= 0.3 is 0 Å². The molecule has 1 aliphatic carbocycles. The molecule has 36 heavy (non-hydrogen) atoms. The van der Waals surface area contributed by atoms with Crippen molar-refractivity contribution in [3.05, 3.63) is 53.6 Å². The molecule has 1 spiro atoms. The second kappa shape index (κ2) is 9.45. The van der Waals surface area contributed by atoms with Crippen molar-refractivity contribution < 1.29 is 23.4 Å². The first kappa shape index (κ1) is 26.6. The number of aliphatic hydroxyl groups excluding tert-OH is 1. The van der Waals surface area contributed by atoms with E-state index in [-0.39, 0.29) is 10.8 Å². The standard InChI is InChI=1S/C27H37N3O5S/c1-25(2,3)29-36(34,35)21-7-5-6-20(17-21)28-24(32)22-9-8-19(26(4,33)18-31)16-23(22)30-14-12-27(10-11-27)13-15-30/h5-9,16-17,29,31,33H,10-15,18H2,1-4H3,(H,28,32)/t26-/m0/s1. The molecule has 1 aliphatic heterocycles. The zero-order valence-electron chi connectivity index (χ0n) is 21.5. The Hall–Kier alpha value is -2.46. The first-order valence-corrected chi connectivity index (χ1v) is 13.9. The van der Waals surface area contributed by atoms with Crippen LogP contribution in [0.4, 0.5) is 11.4 Å². The third kappa shape index (κ3) is 5.91. The number of piperidine rings is 1. The minimum Gasteiger partial charge on any atom is -0.393 e. The van der Waals surface area contributed by atoms with Gasteiger partial charge in [-0.25, -0.2) is 13.1 Å². The maximum atomic E-state index is 13.4. The summed E-state index contributed by atoms with van der Waals surface area (Å²) in [5.74, 6) is -0.370. The minimum atomic E-state index is -3.76. The molecule has 0 radical (unpaired) electrons. The smallest absolute Gasteiger partial charge is 0.257 e. The molecular weight excluding hydrogens is 478 g/mol. The Balaban J connectivity index is 1.62. The lowest BCUT2D eigenvalue weighted by Crippen LogP contribution is -2.40. The highest BCUT2D eigenvalue weighted by atomic mass is 32.2. The lowest BCUT2D eigenvalue weighted by atomic mass is 9.91. The van der Waals surface area contributed by atoms with Crippen molar-refractivity contribution in [2.75, 3.05) is 29.9 Å². The van der Waals surface area contributed by atoms with Gasteiger partial charge in [0.15, 0.2) is 0 Å². The number of nitrogens with zero attached hydrogens (tertiary/aromatic N) is 1. The summed E-state index contributed by atoms with van der Waals surface area (Å²) in [5, 5.41) is 23.1. The largest absolute Gasteiger partial charge is 0.393 e.